The van der Waals surface area contributed by atoms with Gasteiger partial charge in [0.25, 0.3) is 0 Å². The van der Waals surface area contributed by atoms with E-state index in [2.05, 4.69) is 17.9 Å². The molecule has 9 heteroatoms. The van der Waals surface area contributed by atoms with E-state index in [1.165, 1.54) is 6.92 Å². The molecular formula is C19H22N4O4S. The van der Waals surface area contributed by atoms with Crippen molar-refractivity contribution >= 4 is 36.0 Å². The molecule has 0 aromatic heterocycles. The lowest BCUT2D eigenvalue weighted by atomic mass is 10.1. The van der Waals surface area contributed by atoms with Crippen LogP contribution in [-0.2, 0) is 17.9 Å². The highest BCUT2D eigenvalue weighted by Crippen LogP contribution is 2.34. The van der Waals surface area contributed by atoms with Gasteiger partial charge in [-0.05, 0) is 23.3 Å². The maximum absolute atomic E-state index is 12.7. The standard InChI is InChI=1S/C19H22N4O4S/c1-11(24)27-15-5-3-13-9-23(19(25)22-16(13)6-15)17-7-14(26-10-18(21)28)4-2-12(17)8-20/h2-7,18,28H,8-10,20-21H2,1H3,(H,22,25). The Balaban J connectivity index is 1.89. The number of benzene rings is 2. The summed E-state index contributed by atoms with van der Waals surface area (Å²) in [5.74, 6) is 0.524. The van der Waals surface area contributed by atoms with Crippen LogP contribution in [0, 0.1) is 0 Å². The van der Waals surface area contributed by atoms with Crippen LogP contribution in [0.3, 0.4) is 0 Å². The summed E-state index contributed by atoms with van der Waals surface area (Å²) in [6.45, 7) is 2.16. The molecule has 0 bridgehead atoms. The van der Waals surface area contributed by atoms with Crippen molar-refractivity contribution in [2.45, 2.75) is 25.4 Å². The summed E-state index contributed by atoms with van der Waals surface area (Å²) in [5, 5.41) is 2.42. The second-order valence-electron chi connectivity index (χ2n) is 6.30. The second-order valence-corrected chi connectivity index (χ2v) is 6.97. The predicted octanol–water partition coefficient (Wildman–Crippen LogP) is 2.22. The predicted molar refractivity (Wildman–Crippen MR) is 110 cm³/mol. The normalized spacial score (nSPS) is 14.1. The van der Waals surface area contributed by atoms with E-state index in [4.69, 9.17) is 20.9 Å². The zero-order valence-corrected chi connectivity index (χ0v) is 16.2. The lowest BCUT2D eigenvalue weighted by molar-refractivity contribution is -0.131. The third kappa shape index (κ3) is 4.56. The number of ether oxygens (including phenoxy) is 2. The number of nitrogens with zero attached hydrogens (tertiary/aromatic N) is 1. The van der Waals surface area contributed by atoms with Gasteiger partial charge in [0.2, 0.25) is 0 Å². The van der Waals surface area contributed by atoms with Gasteiger partial charge in [0.05, 0.1) is 23.3 Å². The fraction of sp³-hybridized carbons (Fsp3) is 0.263. The Bertz CT molecular complexity index is 903. The fourth-order valence-electron chi connectivity index (χ4n) is 2.90. The van der Waals surface area contributed by atoms with Crippen molar-refractivity contribution < 1.29 is 19.1 Å². The van der Waals surface area contributed by atoms with Gasteiger partial charge in [-0.2, -0.15) is 12.6 Å². The van der Waals surface area contributed by atoms with Crippen LogP contribution in [0.15, 0.2) is 36.4 Å². The van der Waals surface area contributed by atoms with Crippen LogP contribution in [0.2, 0.25) is 0 Å². The second kappa shape index (κ2) is 8.51. The number of carbonyl (C=O) groups is 2. The van der Waals surface area contributed by atoms with E-state index >= 15 is 0 Å². The van der Waals surface area contributed by atoms with Gasteiger partial charge in [0.15, 0.2) is 0 Å². The first-order chi connectivity index (χ1) is 13.4. The van der Waals surface area contributed by atoms with Crippen molar-refractivity contribution in [3.05, 3.63) is 47.5 Å². The summed E-state index contributed by atoms with van der Waals surface area (Å²) in [5.41, 5.74) is 14.4. The Morgan fingerprint density at radius 2 is 2.04 bits per heavy atom. The first-order valence-corrected chi connectivity index (χ1v) is 9.18. The number of nitrogens with one attached hydrogen (secondary N) is 1. The van der Waals surface area contributed by atoms with Crippen LogP contribution in [-0.4, -0.2) is 24.0 Å². The number of carbonyl (C=O) groups excluding carboxylic acids is 2. The summed E-state index contributed by atoms with van der Waals surface area (Å²) in [4.78, 5) is 25.4. The molecule has 148 valence electrons. The van der Waals surface area contributed by atoms with Gasteiger partial charge in [0.1, 0.15) is 18.1 Å². The molecule has 2 amide bonds. The summed E-state index contributed by atoms with van der Waals surface area (Å²) in [7, 11) is 0. The van der Waals surface area contributed by atoms with Crippen molar-refractivity contribution in [1.82, 2.24) is 0 Å². The number of rotatable bonds is 6. The van der Waals surface area contributed by atoms with Crippen LogP contribution in [0.5, 0.6) is 11.5 Å². The van der Waals surface area contributed by atoms with E-state index in [1.807, 2.05) is 12.1 Å². The smallest absolute Gasteiger partial charge is 0.326 e. The van der Waals surface area contributed by atoms with Crippen molar-refractivity contribution in [2.24, 2.45) is 11.5 Å². The highest BCUT2D eigenvalue weighted by Gasteiger charge is 2.26. The highest BCUT2D eigenvalue weighted by molar-refractivity contribution is 7.80. The molecule has 0 fully saturated rings. The van der Waals surface area contributed by atoms with Gasteiger partial charge in [0, 0.05) is 25.6 Å². The van der Waals surface area contributed by atoms with Gasteiger partial charge in [-0.3, -0.25) is 9.69 Å². The number of hydrogen-bond acceptors (Lipinski definition) is 7. The fourth-order valence-corrected chi connectivity index (χ4v) is 2.97. The van der Waals surface area contributed by atoms with E-state index in [-0.39, 0.29) is 19.2 Å². The minimum absolute atomic E-state index is 0.235. The monoisotopic (exact) mass is 402 g/mol. The zero-order chi connectivity index (χ0) is 20.3. The lowest BCUT2D eigenvalue weighted by Gasteiger charge is -2.31. The molecule has 1 unspecified atom stereocenters. The van der Waals surface area contributed by atoms with Crippen molar-refractivity contribution in [2.75, 3.05) is 16.8 Å². The molecule has 1 aliphatic heterocycles. The lowest BCUT2D eigenvalue weighted by Crippen LogP contribution is -2.39. The van der Waals surface area contributed by atoms with Crippen LogP contribution in [0.1, 0.15) is 18.1 Å². The average molecular weight is 402 g/mol. The molecule has 28 heavy (non-hydrogen) atoms. The Kier molecular flexibility index (Phi) is 6.08. The third-order valence-electron chi connectivity index (χ3n) is 4.15. The van der Waals surface area contributed by atoms with Gasteiger partial charge in [-0.15, -0.1) is 0 Å². The van der Waals surface area contributed by atoms with Crippen LogP contribution >= 0.6 is 12.6 Å². The van der Waals surface area contributed by atoms with Gasteiger partial charge < -0.3 is 26.3 Å². The van der Waals surface area contributed by atoms with Gasteiger partial charge >= 0.3 is 12.0 Å². The van der Waals surface area contributed by atoms with Crippen molar-refractivity contribution in [3.8, 4) is 11.5 Å². The summed E-state index contributed by atoms with van der Waals surface area (Å²) in [6.07, 6.45) is 0. The first kappa shape index (κ1) is 20.0. The largest absolute Gasteiger partial charge is 0.491 e. The Morgan fingerprint density at radius 3 is 2.71 bits per heavy atom. The minimum atomic E-state index is -0.422. The van der Waals surface area contributed by atoms with Crippen LogP contribution in [0.25, 0.3) is 0 Å². The molecule has 0 saturated carbocycles. The van der Waals surface area contributed by atoms with E-state index in [9.17, 15) is 9.59 Å². The third-order valence-corrected chi connectivity index (χ3v) is 4.30. The number of esters is 1. The highest BCUT2D eigenvalue weighted by atomic mass is 32.1. The molecule has 8 nitrogen and oxygen atoms in total. The van der Waals surface area contributed by atoms with Gasteiger partial charge in [-0.1, -0.05) is 12.1 Å². The topological polar surface area (TPSA) is 120 Å². The Morgan fingerprint density at radius 1 is 1.29 bits per heavy atom. The molecule has 1 atom stereocenters. The average Bonchev–Trinajstić information content (AvgIpc) is 2.65. The van der Waals surface area contributed by atoms with Crippen molar-refractivity contribution in [3.63, 3.8) is 0 Å². The molecule has 2 aromatic rings. The van der Waals surface area contributed by atoms with E-state index in [0.29, 0.717) is 29.4 Å². The first-order valence-electron chi connectivity index (χ1n) is 8.66. The van der Waals surface area contributed by atoms with Crippen molar-refractivity contribution in [1.29, 1.82) is 0 Å². The zero-order valence-electron chi connectivity index (χ0n) is 15.3. The number of thiol groups is 1. The van der Waals surface area contributed by atoms with E-state index in [1.54, 1.807) is 29.2 Å². The molecule has 0 spiro atoms. The maximum Gasteiger partial charge on any atom is 0.326 e. The van der Waals surface area contributed by atoms with E-state index in [0.717, 1.165) is 11.1 Å². The summed E-state index contributed by atoms with van der Waals surface area (Å²) < 4.78 is 10.7. The molecule has 2 aromatic carbocycles. The number of anilines is 2. The van der Waals surface area contributed by atoms with Gasteiger partial charge in [-0.25, -0.2) is 4.79 Å². The minimum Gasteiger partial charge on any atom is -0.491 e. The number of urea groups is 1. The maximum atomic E-state index is 12.7. The molecule has 1 heterocycles. The summed E-state index contributed by atoms with van der Waals surface area (Å²) in [6, 6.07) is 10.2. The van der Waals surface area contributed by atoms with Crippen LogP contribution < -0.4 is 31.2 Å². The molecule has 3 rings (SSSR count). The molecule has 5 N–H and O–H groups in total. The molecule has 1 aliphatic rings. The van der Waals surface area contributed by atoms with E-state index < -0.39 is 11.3 Å². The quantitative estimate of drug-likeness (QED) is 0.255. The Labute approximate surface area is 168 Å². The molecule has 0 aliphatic carbocycles. The van der Waals surface area contributed by atoms with Crippen LogP contribution in [0.4, 0.5) is 16.2 Å². The molecule has 0 saturated heterocycles. The molecular weight excluding hydrogens is 380 g/mol. The number of hydrogen-bond donors (Lipinski definition) is 4. The Hall–Kier alpha value is -2.75. The number of nitrogens with two attached hydrogens (primary N) is 2. The summed E-state index contributed by atoms with van der Waals surface area (Å²) >= 11 is 4.10. The molecule has 0 radical (unpaired) electrons. The number of fused-ring (bicyclic) bond motifs is 1. The SMILES string of the molecule is CC(=O)Oc1ccc2c(c1)NC(=O)N(c1cc(OCC(N)S)ccc1CN)C2. The number of amides is 2.